The van der Waals surface area contributed by atoms with Crippen molar-refractivity contribution in [3.63, 3.8) is 0 Å². The molecular weight excluding hydrogens is 212 g/mol. The molecule has 0 aliphatic carbocycles. The van der Waals surface area contributed by atoms with Crippen LogP contribution in [-0.2, 0) is 4.79 Å². The number of rotatable bonds is 5. The Hall–Kier alpha value is -2.24. The minimum atomic E-state index is -1.14. The summed E-state index contributed by atoms with van der Waals surface area (Å²) in [4.78, 5) is 21.3. The molecule has 6 heteroatoms. The van der Waals surface area contributed by atoms with Gasteiger partial charge in [-0.3, -0.25) is 4.79 Å². The highest BCUT2D eigenvalue weighted by Crippen LogP contribution is 2.21. The number of benzene rings is 1. The molecule has 0 heterocycles. The van der Waals surface area contributed by atoms with Crippen LogP contribution in [0, 0.1) is 0 Å². The van der Waals surface area contributed by atoms with Crippen LogP contribution < -0.4 is 16.2 Å². The molecule has 16 heavy (non-hydrogen) atoms. The van der Waals surface area contributed by atoms with Crippen LogP contribution in [0.15, 0.2) is 18.2 Å². The molecule has 0 aromatic heterocycles. The van der Waals surface area contributed by atoms with Crippen LogP contribution in [-0.4, -0.2) is 23.6 Å². The highest BCUT2D eigenvalue weighted by atomic mass is 16.5. The summed E-state index contributed by atoms with van der Waals surface area (Å²) in [6, 6.07) is 4.26. The van der Waals surface area contributed by atoms with Gasteiger partial charge in [-0.1, -0.05) is 0 Å². The number of aromatic carboxylic acids is 1. The fourth-order valence-corrected chi connectivity index (χ4v) is 1.10. The van der Waals surface area contributed by atoms with Crippen molar-refractivity contribution in [3.8, 4) is 5.75 Å². The van der Waals surface area contributed by atoms with Crippen LogP contribution in [0.4, 0.5) is 5.69 Å². The van der Waals surface area contributed by atoms with Gasteiger partial charge in [0.05, 0.1) is 13.0 Å². The number of hydrogen-bond acceptors (Lipinski definition) is 4. The van der Waals surface area contributed by atoms with E-state index >= 15 is 0 Å². The molecule has 0 aliphatic heterocycles. The first-order valence-electron chi connectivity index (χ1n) is 4.54. The van der Waals surface area contributed by atoms with E-state index in [1.165, 1.54) is 18.2 Å². The van der Waals surface area contributed by atoms with Crippen molar-refractivity contribution in [2.24, 2.45) is 5.73 Å². The first-order valence-corrected chi connectivity index (χ1v) is 4.54. The van der Waals surface area contributed by atoms with Gasteiger partial charge in [-0.05, 0) is 18.2 Å². The lowest BCUT2D eigenvalue weighted by molar-refractivity contribution is -0.118. The molecule has 1 rings (SSSR count). The number of carbonyl (C=O) groups is 2. The molecular formula is C10H12N2O4. The third-order valence-corrected chi connectivity index (χ3v) is 1.84. The molecule has 1 aromatic carbocycles. The lowest BCUT2D eigenvalue weighted by atomic mass is 10.2. The number of ether oxygens (including phenoxy) is 1. The van der Waals surface area contributed by atoms with Gasteiger partial charge in [-0.2, -0.15) is 0 Å². The average molecular weight is 224 g/mol. The van der Waals surface area contributed by atoms with Crippen LogP contribution in [0.25, 0.3) is 0 Å². The molecule has 0 spiro atoms. The highest BCUT2D eigenvalue weighted by Gasteiger charge is 2.11. The third-order valence-electron chi connectivity index (χ3n) is 1.84. The molecule has 6 nitrogen and oxygen atoms in total. The van der Waals surface area contributed by atoms with Crippen LogP contribution in [0.3, 0.4) is 0 Å². The maximum Gasteiger partial charge on any atom is 0.339 e. The molecule has 0 radical (unpaired) electrons. The van der Waals surface area contributed by atoms with Gasteiger partial charge in [0, 0.05) is 5.69 Å². The summed E-state index contributed by atoms with van der Waals surface area (Å²) >= 11 is 0. The van der Waals surface area contributed by atoms with Crippen molar-refractivity contribution in [2.75, 3.05) is 12.3 Å². The van der Waals surface area contributed by atoms with Crippen LogP contribution in [0.1, 0.15) is 16.8 Å². The van der Waals surface area contributed by atoms with Gasteiger partial charge in [0.1, 0.15) is 11.3 Å². The highest BCUT2D eigenvalue weighted by molar-refractivity contribution is 5.92. The standard InChI is InChI=1S/C10H12N2O4/c11-6-1-2-8(7(5-6)10(14)15)16-4-3-9(12)13/h1-2,5H,3-4,11H2,(H2,12,13)(H,14,15). The fourth-order valence-electron chi connectivity index (χ4n) is 1.10. The van der Waals surface area contributed by atoms with Crippen LogP contribution in [0.2, 0.25) is 0 Å². The molecule has 0 unspecified atom stereocenters. The summed E-state index contributed by atoms with van der Waals surface area (Å²) in [5, 5.41) is 8.87. The first-order chi connectivity index (χ1) is 7.50. The number of hydrogen-bond donors (Lipinski definition) is 3. The largest absolute Gasteiger partial charge is 0.492 e. The average Bonchev–Trinajstić information content (AvgIpc) is 2.19. The van der Waals surface area contributed by atoms with Crippen molar-refractivity contribution in [3.05, 3.63) is 23.8 Å². The summed E-state index contributed by atoms with van der Waals surface area (Å²) in [6.45, 7) is 0.0412. The molecule has 86 valence electrons. The molecule has 0 saturated heterocycles. The van der Waals surface area contributed by atoms with E-state index in [0.29, 0.717) is 5.69 Å². The Morgan fingerprint density at radius 2 is 2.06 bits per heavy atom. The maximum absolute atomic E-state index is 10.8. The maximum atomic E-state index is 10.8. The van der Waals surface area contributed by atoms with E-state index in [1.807, 2.05) is 0 Å². The first kappa shape index (κ1) is 11.8. The quantitative estimate of drug-likeness (QED) is 0.619. The summed E-state index contributed by atoms with van der Waals surface area (Å²) in [7, 11) is 0. The van der Waals surface area contributed by atoms with E-state index in [9.17, 15) is 9.59 Å². The zero-order chi connectivity index (χ0) is 12.1. The van der Waals surface area contributed by atoms with Gasteiger partial charge < -0.3 is 21.3 Å². The van der Waals surface area contributed by atoms with Crippen LogP contribution >= 0.6 is 0 Å². The molecule has 0 fully saturated rings. The normalized spacial score (nSPS) is 9.75. The number of nitrogens with two attached hydrogens (primary N) is 2. The Labute approximate surface area is 91.8 Å². The van der Waals surface area contributed by atoms with Crippen molar-refractivity contribution in [2.45, 2.75) is 6.42 Å². The number of nitrogen functional groups attached to an aromatic ring is 1. The summed E-state index contributed by atoms with van der Waals surface area (Å²) < 4.78 is 5.13. The van der Waals surface area contributed by atoms with Gasteiger partial charge in [-0.25, -0.2) is 4.79 Å². The topological polar surface area (TPSA) is 116 Å². The van der Waals surface area contributed by atoms with E-state index in [1.54, 1.807) is 0 Å². The second-order valence-electron chi connectivity index (χ2n) is 3.13. The Balaban J connectivity index is 2.78. The monoisotopic (exact) mass is 224 g/mol. The van der Waals surface area contributed by atoms with E-state index in [2.05, 4.69) is 0 Å². The Kier molecular flexibility index (Phi) is 3.71. The fraction of sp³-hybridized carbons (Fsp3) is 0.200. The van der Waals surface area contributed by atoms with Gasteiger partial charge in [0.2, 0.25) is 5.91 Å². The second-order valence-corrected chi connectivity index (χ2v) is 3.13. The SMILES string of the molecule is NC(=O)CCOc1ccc(N)cc1C(=O)O. The van der Waals surface area contributed by atoms with E-state index < -0.39 is 11.9 Å². The molecule has 1 amide bonds. The van der Waals surface area contributed by atoms with Crippen LogP contribution in [0.5, 0.6) is 5.75 Å². The number of carboxylic acid groups (broad SMARTS) is 1. The van der Waals surface area contributed by atoms with E-state index in [4.69, 9.17) is 21.3 Å². The number of anilines is 1. The lowest BCUT2D eigenvalue weighted by Crippen LogP contribution is -2.15. The summed E-state index contributed by atoms with van der Waals surface area (Å²) in [6.07, 6.45) is 0.0312. The van der Waals surface area contributed by atoms with Crippen molar-refractivity contribution in [1.29, 1.82) is 0 Å². The zero-order valence-corrected chi connectivity index (χ0v) is 8.47. The predicted molar refractivity (Wildman–Crippen MR) is 57.1 cm³/mol. The van der Waals surface area contributed by atoms with Gasteiger partial charge in [-0.15, -0.1) is 0 Å². The minimum absolute atomic E-state index is 0.0312. The smallest absolute Gasteiger partial charge is 0.339 e. The number of carboxylic acids is 1. The van der Waals surface area contributed by atoms with E-state index in [0.717, 1.165) is 0 Å². The summed E-state index contributed by atoms with van der Waals surface area (Å²) in [5.41, 5.74) is 10.7. The number of carbonyl (C=O) groups excluding carboxylic acids is 1. The molecule has 0 bridgehead atoms. The zero-order valence-electron chi connectivity index (χ0n) is 8.47. The molecule has 1 aromatic rings. The second kappa shape index (κ2) is 5.01. The molecule has 0 saturated carbocycles. The number of amides is 1. The lowest BCUT2D eigenvalue weighted by Gasteiger charge is -2.08. The molecule has 0 aliphatic rings. The van der Waals surface area contributed by atoms with Crippen molar-refractivity contribution < 1.29 is 19.4 Å². The van der Waals surface area contributed by atoms with Gasteiger partial charge in [0.25, 0.3) is 0 Å². The number of primary amides is 1. The molecule has 5 N–H and O–H groups in total. The predicted octanol–water partition coefficient (Wildman–Crippen LogP) is 0.221. The van der Waals surface area contributed by atoms with Crippen molar-refractivity contribution in [1.82, 2.24) is 0 Å². The van der Waals surface area contributed by atoms with E-state index in [-0.39, 0.29) is 24.3 Å². The summed E-state index contributed by atoms with van der Waals surface area (Å²) in [5.74, 6) is -1.48. The van der Waals surface area contributed by atoms with Gasteiger partial charge in [0.15, 0.2) is 0 Å². The van der Waals surface area contributed by atoms with Crippen molar-refractivity contribution >= 4 is 17.6 Å². The third kappa shape index (κ3) is 3.16. The Morgan fingerprint density at radius 3 is 2.62 bits per heavy atom. The van der Waals surface area contributed by atoms with Gasteiger partial charge >= 0.3 is 5.97 Å². The Bertz CT molecular complexity index is 417. The Morgan fingerprint density at radius 1 is 1.38 bits per heavy atom. The molecule has 0 atom stereocenters. The minimum Gasteiger partial charge on any atom is -0.492 e.